The lowest BCUT2D eigenvalue weighted by atomic mass is 9.79. The van der Waals surface area contributed by atoms with Crippen LogP contribution in [0.1, 0.15) is 30.1 Å². The summed E-state index contributed by atoms with van der Waals surface area (Å²) in [7, 11) is 1.57. The van der Waals surface area contributed by atoms with Crippen molar-refractivity contribution in [1.29, 1.82) is 0 Å². The van der Waals surface area contributed by atoms with Crippen molar-refractivity contribution in [2.24, 2.45) is 5.92 Å². The molecular formula is C19H23N3O3S. The second-order valence-corrected chi connectivity index (χ2v) is 7.72. The molecule has 7 heteroatoms. The average molecular weight is 373 g/mol. The van der Waals surface area contributed by atoms with Crippen molar-refractivity contribution < 1.29 is 14.3 Å². The quantitative estimate of drug-likeness (QED) is 0.872. The van der Waals surface area contributed by atoms with Crippen LogP contribution in [0, 0.1) is 5.92 Å². The predicted octanol–water partition coefficient (Wildman–Crippen LogP) is 3.16. The molecule has 5 rings (SSSR count). The van der Waals surface area contributed by atoms with Gasteiger partial charge in [-0.25, -0.2) is 0 Å². The van der Waals surface area contributed by atoms with Crippen LogP contribution in [0.5, 0.6) is 16.8 Å². The molecule has 1 amide bonds. The number of hydrogen-bond acceptors (Lipinski definition) is 6. The number of nitrogens with zero attached hydrogens (tertiary/aromatic N) is 2. The van der Waals surface area contributed by atoms with Gasteiger partial charge in [-0.3, -0.25) is 9.69 Å². The zero-order chi connectivity index (χ0) is 18.1. The molecule has 1 N–H and O–H groups in total. The first kappa shape index (κ1) is 17.3. The first-order valence-corrected chi connectivity index (χ1v) is 9.84. The van der Waals surface area contributed by atoms with E-state index in [0.717, 1.165) is 13.1 Å². The number of hydrogen-bond donors (Lipinski definition) is 1. The molecule has 0 aliphatic carbocycles. The summed E-state index contributed by atoms with van der Waals surface area (Å²) >= 11 is 1.37. The summed E-state index contributed by atoms with van der Waals surface area (Å²) in [4.78, 5) is 19.3. The standard InChI is InChI=1S/C19H23N3O3S/c1-12-17(13-7-9-22(12)10-8-13)21-18(23)14-3-5-15(6-4-14)25-19-20-16(24-2)11-26-19/h3-6,11-13,17H,7-10H2,1-2H3,(H,21,23)/t12-,17-/m0/s1. The zero-order valence-corrected chi connectivity index (χ0v) is 15.8. The molecule has 2 bridgehead atoms. The van der Waals surface area contributed by atoms with Crippen LogP contribution in [0.25, 0.3) is 0 Å². The summed E-state index contributed by atoms with van der Waals surface area (Å²) < 4.78 is 10.7. The number of carbonyl (C=O) groups excluding carboxylic acids is 1. The van der Waals surface area contributed by atoms with Gasteiger partial charge in [-0.1, -0.05) is 11.3 Å². The van der Waals surface area contributed by atoms with Crippen LogP contribution in [-0.2, 0) is 0 Å². The van der Waals surface area contributed by atoms with Crippen LogP contribution in [0.4, 0.5) is 0 Å². The van der Waals surface area contributed by atoms with E-state index in [1.165, 1.54) is 24.2 Å². The van der Waals surface area contributed by atoms with Gasteiger partial charge in [0.15, 0.2) is 0 Å². The Morgan fingerprint density at radius 2 is 2.00 bits per heavy atom. The number of fused-ring (bicyclic) bond motifs is 3. The van der Waals surface area contributed by atoms with Gasteiger partial charge < -0.3 is 14.8 Å². The molecule has 138 valence electrons. The van der Waals surface area contributed by atoms with Crippen LogP contribution in [0.2, 0.25) is 0 Å². The van der Waals surface area contributed by atoms with Gasteiger partial charge in [0.25, 0.3) is 11.1 Å². The maximum atomic E-state index is 12.6. The molecule has 0 unspecified atom stereocenters. The Bertz CT molecular complexity index is 767. The summed E-state index contributed by atoms with van der Waals surface area (Å²) in [6.07, 6.45) is 2.36. The third kappa shape index (κ3) is 3.41. The molecule has 1 aromatic heterocycles. The molecule has 2 atom stereocenters. The monoisotopic (exact) mass is 373 g/mol. The molecule has 6 nitrogen and oxygen atoms in total. The van der Waals surface area contributed by atoms with E-state index < -0.39 is 0 Å². The van der Waals surface area contributed by atoms with Gasteiger partial charge in [0, 0.05) is 17.6 Å². The summed E-state index contributed by atoms with van der Waals surface area (Å²) in [5.41, 5.74) is 0.651. The molecule has 2 aromatic rings. The van der Waals surface area contributed by atoms with Crippen molar-refractivity contribution in [3.63, 3.8) is 0 Å². The smallest absolute Gasteiger partial charge is 0.282 e. The maximum absolute atomic E-state index is 12.6. The highest BCUT2D eigenvalue weighted by Crippen LogP contribution is 2.32. The van der Waals surface area contributed by atoms with Crippen molar-refractivity contribution in [1.82, 2.24) is 15.2 Å². The van der Waals surface area contributed by atoms with Crippen LogP contribution in [0.15, 0.2) is 29.6 Å². The fourth-order valence-electron chi connectivity index (χ4n) is 3.94. The van der Waals surface area contributed by atoms with Gasteiger partial charge in [0.05, 0.1) is 12.5 Å². The van der Waals surface area contributed by atoms with E-state index in [9.17, 15) is 4.79 Å². The highest BCUT2D eigenvalue weighted by atomic mass is 32.1. The lowest BCUT2D eigenvalue weighted by Gasteiger charge is -2.49. The van der Waals surface area contributed by atoms with Gasteiger partial charge in [-0.05, 0) is 63.0 Å². The number of methoxy groups -OCH3 is 1. The van der Waals surface area contributed by atoms with E-state index in [2.05, 4.69) is 22.1 Å². The van der Waals surface area contributed by atoms with Gasteiger partial charge >= 0.3 is 0 Å². The number of aromatic nitrogens is 1. The Hall–Kier alpha value is -2.12. The third-order valence-electron chi connectivity index (χ3n) is 5.47. The largest absolute Gasteiger partial charge is 0.480 e. The van der Waals surface area contributed by atoms with Crippen LogP contribution in [-0.4, -0.2) is 48.1 Å². The number of ether oxygens (including phenoxy) is 2. The third-order valence-corrected chi connectivity index (χ3v) is 6.16. The molecule has 3 fully saturated rings. The SMILES string of the molecule is COc1csc(Oc2ccc(C(=O)N[C@@H]3C4CCN(CC4)[C@H]3C)cc2)n1. The highest BCUT2D eigenvalue weighted by Gasteiger charge is 2.40. The molecule has 0 spiro atoms. The second kappa shape index (κ2) is 7.25. The molecule has 1 aromatic carbocycles. The van der Waals surface area contributed by atoms with E-state index in [0.29, 0.717) is 34.3 Å². The molecule has 3 aliphatic rings. The van der Waals surface area contributed by atoms with Crippen molar-refractivity contribution in [2.75, 3.05) is 20.2 Å². The Labute approximate surface area is 157 Å². The number of benzene rings is 1. The van der Waals surface area contributed by atoms with Crippen molar-refractivity contribution in [2.45, 2.75) is 31.8 Å². The van der Waals surface area contributed by atoms with E-state index >= 15 is 0 Å². The molecule has 0 radical (unpaired) electrons. The van der Waals surface area contributed by atoms with Crippen LogP contribution in [0.3, 0.4) is 0 Å². The summed E-state index contributed by atoms with van der Waals surface area (Å²) in [5, 5.41) is 5.55. The van der Waals surface area contributed by atoms with Gasteiger partial charge in [0.1, 0.15) is 5.75 Å². The number of thiazole rings is 1. The Kier molecular flexibility index (Phi) is 4.82. The molecule has 0 saturated carbocycles. The minimum Gasteiger partial charge on any atom is -0.480 e. The number of carbonyl (C=O) groups is 1. The lowest BCUT2D eigenvalue weighted by molar-refractivity contribution is 0.0217. The number of piperidine rings is 3. The lowest BCUT2D eigenvalue weighted by Crippen LogP contribution is -2.62. The number of nitrogens with one attached hydrogen (secondary N) is 1. The topological polar surface area (TPSA) is 63.7 Å². The number of rotatable bonds is 5. The van der Waals surface area contributed by atoms with E-state index in [1.54, 1.807) is 36.8 Å². The molecule has 3 aliphatic heterocycles. The Balaban J connectivity index is 1.39. The van der Waals surface area contributed by atoms with E-state index in [-0.39, 0.29) is 11.9 Å². The van der Waals surface area contributed by atoms with Crippen LogP contribution < -0.4 is 14.8 Å². The minimum atomic E-state index is -0.0157. The van der Waals surface area contributed by atoms with E-state index in [1.807, 2.05) is 0 Å². The molecule has 3 saturated heterocycles. The van der Waals surface area contributed by atoms with Crippen molar-refractivity contribution in [3.05, 3.63) is 35.2 Å². The minimum absolute atomic E-state index is 0.0157. The summed E-state index contributed by atoms with van der Waals surface area (Å²) in [5.74, 6) is 1.77. The summed E-state index contributed by atoms with van der Waals surface area (Å²) in [6, 6.07) is 7.83. The Morgan fingerprint density at radius 3 is 2.62 bits per heavy atom. The second-order valence-electron chi connectivity index (χ2n) is 6.90. The zero-order valence-electron chi connectivity index (χ0n) is 15.0. The summed E-state index contributed by atoms with van der Waals surface area (Å²) in [6.45, 7) is 4.53. The van der Waals surface area contributed by atoms with Gasteiger partial charge in [-0.2, -0.15) is 4.98 Å². The van der Waals surface area contributed by atoms with Crippen molar-refractivity contribution in [3.8, 4) is 16.8 Å². The fourth-order valence-corrected chi connectivity index (χ4v) is 4.58. The molecule has 26 heavy (non-hydrogen) atoms. The van der Waals surface area contributed by atoms with Gasteiger partial charge in [-0.15, -0.1) is 0 Å². The maximum Gasteiger partial charge on any atom is 0.282 e. The predicted molar refractivity (Wildman–Crippen MR) is 100 cm³/mol. The normalized spacial score (nSPS) is 27.2. The van der Waals surface area contributed by atoms with Crippen LogP contribution >= 0.6 is 11.3 Å². The molecule has 4 heterocycles. The first-order valence-electron chi connectivity index (χ1n) is 8.96. The molecular weight excluding hydrogens is 350 g/mol. The van der Waals surface area contributed by atoms with Gasteiger partial charge in [0.2, 0.25) is 5.88 Å². The van der Waals surface area contributed by atoms with E-state index in [4.69, 9.17) is 9.47 Å². The Morgan fingerprint density at radius 1 is 1.27 bits per heavy atom. The first-order chi connectivity index (χ1) is 12.6. The fraction of sp³-hybridized carbons (Fsp3) is 0.474. The van der Waals surface area contributed by atoms with Crippen molar-refractivity contribution >= 4 is 17.2 Å². The number of amides is 1. The average Bonchev–Trinajstić information content (AvgIpc) is 3.13. The highest BCUT2D eigenvalue weighted by molar-refractivity contribution is 7.11.